The summed E-state index contributed by atoms with van der Waals surface area (Å²) < 4.78 is 9.74. The fourth-order valence-corrected chi connectivity index (χ4v) is 3.29. The van der Waals surface area contributed by atoms with Crippen molar-refractivity contribution in [2.75, 3.05) is 32.9 Å². The van der Waals surface area contributed by atoms with Crippen molar-refractivity contribution in [1.29, 1.82) is 0 Å². The first-order valence-corrected chi connectivity index (χ1v) is 12.2. The molecule has 0 aliphatic carbocycles. The van der Waals surface area contributed by atoms with Crippen molar-refractivity contribution < 1.29 is 38.6 Å². The number of carbonyl (C=O) groups excluding carboxylic acids is 4. The molecule has 0 aromatic heterocycles. The van der Waals surface area contributed by atoms with Crippen LogP contribution >= 0.6 is 0 Å². The van der Waals surface area contributed by atoms with Crippen molar-refractivity contribution in [3.8, 4) is 0 Å². The quantitative estimate of drug-likeness (QED) is 0.167. The molecule has 13 heteroatoms. The zero-order valence-electron chi connectivity index (χ0n) is 21.5. The van der Waals surface area contributed by atoms with Gasteiger partial charge < -0.3 is 19.6 Å². The van der Waals surface area contributed by atoms with Gasteiger partial charge >= 0.3 is 18.0 Å². The molecular formula is C24H36N4O9. The molecule has 2 atom stereocenters. The maximum atomic E-state index is 12.6. The minimum atomic E-state index is -1.13. The molecule has 1 aromatic carbocycles. The van der Waals surface area contributed by atoms with Crippen LogP contribution in [0.1, 0.15) is 45.6 Å². The monoisotopic (exact) mass is 524 g/mol. The van der Waals surface area contributed by atoms with Crippen molar-refractivity contribution in [3.05, 3.63) is 46.0 Å². The number of nitrogens with one attached hydrogen (secondary N) is 2. The standard InChI is InChI=1S/C15H24N4O9.C9H12/c1-3-26-12(20)9-17-10(2)13(21)18-11(5-6-16-15(18)23)14(22)27-7-4-8-28-19(24)25;1-2-6-9-7-4-3-5-8-9/h10-11,17H,3-9H2,1-2H3,(H,16,23);3-5,7-8H,2,6H2,1H3. The summed E-state index contributed by atoms with van der Waals surface area (Å²) in [6, 6.07) is 7.75. The van der Waals surface area contributed by atoms with Gasteiger partial charge in [0.25, 0.3) is 5.09 Å². The van der Waals surface area contributed by atoms with Gasteiger partial charge in [-0.3, -0.25) is 14.9 Å². The summed E-state index contributed by atoms with van der Waals surface area (Å²) in [4.78, 5) is 63.3. The number of carbonyl (C=O) groups is 4. The Hall–Kier alpha value is -3.74. The molecule has 1 fully saturated rings. The Morgan fingerprint density at radius 2 is 1.89 bits per heavy atom. The van der Waals surface area contributed by atoms with Gasteiger partial charge in [0.2, 0.25) is 5.91 Å². The lowest BCUT2D eigenvalue weighted by molar-refractivity contribution is -0.757. The normalized spacial score (nSPS) is 15.4. The number of imide groups is 1. The molecule has 206 valence electrons. The molecule has 2 N–H and O–H groups in total. The number of ether oxygens (including phenoxy) is 2. The van der Waals surface area contributed by atoms with Crippen LogP contribution < -0.4 is 10.6 Å². The van der Waals surface area contributed by atoms with Crippen LogP contribution in [0.25, 0.3) is 0 Å². The molecule has 2 rings (SSSR count). The van der Waals surface area contributed by atoms with Gasteiger partial charge in [-0.1, -0.05) is 43.7 Å². The van der Waals surface area contributed by atoms with Crippen LogP contribution in [-0.2, 0) is 35.1 Å². The van der Waals surface area contributed by atoms with Crippen LogP contribution in [0.5, 0.6) is 0 Å². The predicted octanol–water partition coefficient (Wildman–Crippen LogP) is 1.62. The lowest BCUT2D eigenvalue weighted by Gasteiger charge is -2.34. The van der Waals surface area contributed by atoms with Crippen LogP contribution in [0.3, 0.4) is 0 Å². The van der Waals surface area contributed by atoms with Gasteiger partial charge in [-0.25, -0.2) is 14.5 Å². The third-order valence-corrected chi connectivity index (χ3v) is 5.07. The SMILES string of the molecule is CCCc1ccccc1.CCOC(=O)CNC(C)C(=O)N1C(=O)NCCC1C(=O)OCCCO[N+](=O)[O-]. The molecule has 1 heterocycles. The fourth-order valence-electron chi connectivity index (χ4n) is 3.29. The summed E-state index contributed by atoms with van der Waals surface area (Å²) in [6.07, 6.45) is 2.67. The smallest absolute Gasteiger partial charge is 0.329 e. The van der Waals surface area contributed by atoms with Gasteiger partial charge in [-0.2, -0.15) is 0 Å². The summed E-state index contributed by atoms with van der Waals surface area (Å²) in [7, 11) is 0. The molecule has 1 aliphatic heterocycles. The van der Waals surface area contributed by atoms with Gasteiger partial charge in [0.05, 0.1) is 32.4 Å². The first-order chi connectivity index (χ1) is 17.7. The summed E-state index contributed by atoms with van der Waals surface area (Å²) in [5, 5.41) is 14.2. The van der Waals surface area contributed by atoms with Crippen molar-refractivity contribution in [3.63, 3.8) is 0 Å². The highest BCUT2D eigenvalue weighted by atomic mass is 16.9. The third kappa shape index (κ3) is 12.2. The first-order valence-electron chi connectivity index (χ1n) is 12.2. The maximum Gasteiger partial charge on any atom is 0.329 e. The summed E-state index contributed by atoms with van der Waals surface area (Å²) >= 11 is 0. The second kappa shape index (κ2) is 17.7. The van der Waals surface area contributed by atoms with Gasteiger partial charge in [-0.15, -0.1) is 10.1 Å². The fraction of sp³-hybridized carbons (Fsp3) is 0.583. The van der Waals surface area contributed by atoms with E-state index in [1.165, 1.54) is 25.3 Å². The van der Waals surface area contributed by atoms with E-state index in [0.29, 0.717) is 0 Å². The Morgan fingerprint density at radius 3 is 2.51 bits per heavy atom. The van der Waals surface area contributed by atoms with E-state index in [9.17, 15) is 29.3 Å². The molecule has 0 spiro atoms. The third-order valence-electron chi connectivity index (χ3n) is 5.07. The van der Waals surface area contributed by atoms with Gasteiger partial charge in [0.1, 0.15) is 6.04 Å². The van der Waals surface area contributed by atoms with Crippen molar-refractivity contribution in [1.82, 2.24) is 15.5 Å². The Morgan fingerprint density at radius 1 is 1.19 bits per heavy atom. The number of urea groups is 1. The number of nitrogens with zero attached hydrogens (tertiary/aromatic N) is 2. The maximum absolute atomic E-state index is 12.6. The summed E-state index contributed by atoms with van der Waals surface area (Å²) in [5.41, 5.74) is 1.44. The van der Waals surface area contributed by atoms with Gasteiger partial charge in [0.15, 0.2) is 0 Å². The van der Waals surface area contributed by atoms with Crippen LogP contribution in [0.4, 0.5) is 4.79 Å². The largest absolute Gasteiger partial charge is 0.465 e. The molecule has 37 heavy (non-hydrogen) atoms. The lowest BCUT2D eigenvalue weighted by Crippen LogP contribution is -2.61. The van der Waals surface area contributed by atoms with Crippen molar-refractivity contribution in [2.24, 2.45) is 0 Å². The van der Waals surface area contributed by atoms with E-state index in [4.69, 9.17) is 9.47 Å². The van der Waals surface area contributed by atoms with Gasteiger partial charge in [-0.05, 0) is 32.3 Å². The molecule has 3 amide bonds. The zero-order valence-corrected chi connectivity index (χ0v) is 21.5. The molecular weight excluding hydrogens is 488 g/mol. The van der Waals surface area contributed by atoms with Crippen LogP contribution in [-0.4, -0.2) is 78.9 Å². The number of aryl methyl sites for hydroxylation is 1. The average molecular weight is 525 g/mol. The second-order valence-corrected chi connectivity index (χ2v) is 7.97. The highest BCUT2D eigenvalue weighted by Gasteiger charge is 2.40. The second-order valence-electron chi connectivity index (χ2n) is 7.97. The summed E-state index contributed by atoms with van der Waals surface area (Å²) in [5.74, 6) is -2.07. The predicted molar refractivity (Wildman–Crippen MR) is 132 cm³/mol. The molecule has 2 unspecified atom stereocenters. The van der Waals surface area contributed by atoms with E-state index in [-0.39, 0.29) is 45.8 Å². The Kier molecular flexibility index (Phi) is 14.9. The van der Waals surface area contributed by atoms with E-state index in [2.05, 4.69) is 52.7 Å². The zero-order chi connectivity index (χ0) is 27.6. The number of rotatable bonds is 13. The van der Waals surface area contributed by atoms with E-state index >= 15 is 0 Å². The molecule has 1 aliphatic rings. The number of amides is 3. The van der Waals surface area contributed by atoms with Crippen LogP contribution in [0.2, 0.25) is 0 Å². The Bertz CT molecular complexity index is 882. The van der Waals surface area contributed by atoms with E-state index in [1.54, 1.807) is 6.92 Å². The molecule has 0 saturated carbocycles. The molecule has 1 saturated heterocycles. The van der Waals surface area contributed by atoms with Crippen molar-refractivity contribution in [2.45, 2.75) is 58.5 Å². The average Bonchev–Trinajstić information content (AvgIpc) is 2.87. The minimum Gasteiger partial charge on any atom is -0.465 e. The lowest BCUT2D eigenvalue weighted by atomic mass is 10.1. The number of benzene rings is 1. The van der Waals surface area contributed by atoms with E-state index < -0.39 is 41.0 Å². The van der Waals surface area contributed by atoms with Crippen LogP contribution in [0, 0.1) is 10.1 Å². The Balaban J connectivity index is 0.000000635. The molecule has 0 bridgehead atoms. The number of esters is 2. The highest BCUT2D eigenvalue weighted by Crippen LogP contribution is 2.14. The molecule has 1 aromatic rings. The minimum absolute atomic E-state index is 0.0804. The number of hydrogen-bond donors (Lipinski definition) is 2. The van der Waals surface area contributed by atoms with Crippen LogP contribution in [0.15, 0.2) is 30.3 Å². The highest BCUT2D eigenvalue weighted by molar-refractivity contribution is 6.01. The number of hydrogen-bond acceptors (Lipinski definition) is 10. The first kappa shape index (κ1) is 31.3. The summed E-state index contributed by atoms with van der Waals surface area (Å²) in [6.45, 7) is 5.02. The molecule has 13 nitrogen and oxygen atoms in total. The van der Waals surface area contributed by atoms with E-state index in [0.717, 1.165) is 4.90 Å². The topological polar surface area (TPSA) is 166 Å². The van der Waals surface area contributed by atoms with E-state index in [1.807, 2.05) is 0 Å². The molecule has 0 radical (unpaired) electrons. The Labute approximate surface area is 215 Å². The van der Waals surface area contributed by atoms with Crippen molar-refractivity contribution >= 4 is 23.9 Å². The van der Waals surface area contributed by atoms with Gasteiger partial charge in [0, 0.05) is 13.0 Å².